The molecule has 0 radical (unpaired) electrons. The highest BCUT2D eigenvalue weighted by molar-refractivity contribution is 6.22. The van der Waals surface area contributed by atoms with Crippen LogP contribution in [0.25, 0.3) is 133 Å². The lowest BCUT2D eigenvalue weighted by molar-refractivity contribution is 1.10. The first-order chi connectivity index (χ1) is 36.7. The highest BCUT2D eigenvalue weighted by Crippen LogP contribution is 2.47. The van der Waals surface area contributed by atoms with Gasteiger partial charge in [0.25, 0.3) is 0 Å². The Kier molecular flexibility index (Phi) is 10.6. The maximum Gasteiger partial charge on any atom is 0.0535 e. The molecule has 2 aromatic heterocycles. The van der Waals surface area contributed by atoms with E-state index in [-0.39, 0.29) is 0 Å². The molecule has 74 heavy (non-hydrogen) atoms. The number of hydrogen-bond donors (Lipinski definition) is 0. The first-order valence-corrected chi connectivity index (χ1v) is 25.5. The zero-order chi connectivity index (χ0) is 49.0. The van der Waals surface area contributed by atoms with E-state index >= 15 is 0 Å². The molecule has 14 aromatic rings. The van der Waals surface area contributed by atoms with Gasteiger partial charge in [0.15, 0.2) is 0 Å². The van der Waals surface area contributed by atoms with Gasteiger partial charge < -0.3 is 9.13 Å². The van der Waals surface area contributed by atoms with Crippen molar-refractivity contribution in [3.63, 3.8) is 0 Å². The monoisotopic (exact) mass is 940 g/mol. The first-order valence-electron chi connectivity index (χ1n) is 25.5. The van der Waals surface area contributed by atoms with Crippen LogP contribution in [-0.2, 0) is 0 Å². The zero-order valence-corrected chi connectivity index (χ0v) is 40.6. The Morgan fingerprint density at radius 1 is 0.176 bits per heavy atom. The van der Waals surface area contributed by atoms with E-state index in [1.807, 2.05) is 0 Å². The summed E-state index contributed by atoms with van der Waals surface area (Å²) in [5.74, 6) is 0. The fourth-order valence-corrected chi connectivity index (χ4v) is 11.4. The van der Waals surface area contributed by atoms with Crippen LogP contribution in [0.4, 0.5) is 0 Å². The van der Waals surface area contributed by atoms with Crippen molar-refractivity contribution >= 4 is 43.1 Å². The van der Waals surface area contributed by atoms with Gasteiger partial charge in [0.05, 0.1) is 22.8 Å². The molecule has 12 aromatic carbocycles. The van der Waals surface area contributed by atoms with Crippen LogP contribution in [0.3, 0.4) is 0 Å². The minimum atomic E-state index is 1.10. The third kappa shape index (κ3) is 7.52. The molecule has 0 fully saturated rings. The Morgan fingerprint density at radius 3 is 0.919 bits per heavy atom. The van der Waals surface area contributed by atoms with Crippen LogP contribution in [0.15, 0.2) is 291 Å². The molecule has 14 rings (SSSR count). The predicted molar refractivity (Wildman–Crippen MR) is 313 cm³/mol. The lowest BCUT2D eigenvalue weighted by Gasteiger charge is -2.22. The molecular weight excluding hydrogens is 893 g/mol. The van der Waals surface area contributed by atoms with Crippen LogP contribution in [0.1, 0.15) is 0 Å². The topological polar surface area (TPSA) is 9.86 Å². The van der Waals surface area contributed by atoms with E-state index in [1.165, 1.54) is 70.9 Å². The number of fused-ring (bicyclic) bond motifs is 4. The SMILES string of the molecule is c1ccc(-c2ccc(-c3ccccc3)n2-c2ccc3c(-c4ccc5ccccc5c4)c4cc(-n5c(-c6ccccc6)ccc5-c5ccccc5)ccc4c(-c4ccc(-c5ccc6ccccc6c5)cc4)c3c2)cc1. The number of aromatic nitrogens is 2. The molecule has 0 unspecified atom stereocenters. The van der Waals surface area contributed by atoms with Gasteiger partial charge in [-0.25, -0.2) is 0 Å². The van der Waals surface area contributed by atoms with Crippen LogP contribution in [0.2, 0.25) is 0 Å². The van der Waals surface area contributed by atoms with Gasteiger partial charge in [0.1, 0.15) is 0 Å². The summed E-state index contributed by atoms with van der Waals surface area (Å²) in [6, 6.07) is 107. The molecule has 0 amide bonds. The average Bonchev–Trinajstić information content (AvgIpc) is 4.17. The van der Waals surface area contributed by atoms with Crippen LogP contribution >= 0.6 is 0 Å². The first kappa shape index (κ1) is 43.1. The largest absolute Gasteiger partial charge is 0.309 e. The van der Waals surface area contributed by atoms with Gasteiger partial charge in [-0.2, -0.15) is 0 Å². The van der Waals surface area contributed by atoms with Crippen molar-refractivity contribution in [3.05, 3.63) is 291 Å². The van der Waals surface area contributed by atoms with Gasteiger partial charge in [0.2, 0.25) is 0 Å². The predicted octanol–water partition coefficient (Wildman–Crippen LogP) is 19.5. The molecule has 2 heterocycles. The minimum Gasteiger partial charge on any atom is -0.309 e. The van der Waals surface area contributed by atoms with E-state index in [0.717, 1.165) is 62.0 Å². The summed E-state index contributed by atoms with van der Waals surface area (Å²) in [5, 5.41) is 9.67. The summed E-state index contributed by atoms with van der Waals surface area (Å²) in [6.07, 6.45) is 0. The number of nitrogens with zero attached hydrogens (tertiary/aromatic N) is 2. The second-order valence-electron chi connectivity index (χ2n) is 19.3. The van der Waals surface area contributed by atoms with Crippen molar-refractivity contribution in [3.8, 4) is 89.8 Å². The molecule has 2 heteroatoms. The Labute approximate surface area is 431 Å². The molecule has 0 spiro atoms. The quantitative estimate of drug-likeness (QED) is 0.128. The van der Waals surface area contributed by atoms with E-state index in [1.54, 1.807) is 0 Å². The lowest BCUT2D eigenvalue weighted by Crippen LogP contribution is -2.02. The molecule has 0 aliphatic heterocycles. The fraction of sp³-hybridized carbons (Fsp3) is 0. The highest BCUT2D eigenvalue weighted by atomic mass is 15.0. The standard InChI is InChI=1S/C72H48N2/c1-5-19-52(20-6-1)67-41-42-68(53-21-7-2-8-22-53)73(67)61-38-40-64-65(47-61)71(56-33-29-51(30-34-56)59-35-31-49-17-13-15-27-57(49)45-59)63-39-37-62(48-66(63)72(64)60-36-32-50-18-14-16-28-58(50)46-60)74-69(54-23-9-3-10-24-54)43-44-70(74)55-25-11-4-12-26-55/h1-48H. The van der Waals surface area contributed by atoms with Crippen molar-refractivity contribution in [2.75, 3.05) is 0 Å². The van der Waals surface area contributed by atoms with Gasteiger partial charge >= 0.3 is 0 Å². The Hall–Kier alpha value is -9.76. The van der Waals surface area contributed by atoms with Gasteiger partial charge in [0, 0.05) is 11.4 Å². The summed E-state index contributed by atoms with van der Waals surface area (Å²) >= 11 is 0. The van der Waals surface area contributed by atoms with Crippen LogP contribution in [0.5, 0.6) is 0 Å². The molecule has 2 nitrogen and oxygen atoms in total. The maximum atomic E-state index is 2.45. The van der Waals surface area contributed by atoms with Gasteiger partial charge in [-0.05, 0) is 159 Å². The smallest absolute Gasteiger partial charge is 0.0535 e. The summed E-state index contributed by atoms with van der Waals surface area (Å²) in [6.45, 7) is 0. The molecular formula is C72H48N2. The molecule has 0 aliphatic carbocycles. The summed E-state index contributed by atoms with van der Waals surface area (Å²) in [5.41, 5.74) is 18.5. The van der Waals surface area contributed by atoms with E-state index < -0.39 is 0 Å². The maximum absolute atomic E-state index is 2.45. The summed E-state index contributed by atoms with van der Waals surface area (Å²) in [4.78, 5) is 0. The fourth-order valence-electron chi connectivity index (χ4n) is 11.4. The zero-order valence-electron chi connectivity index (χ0n) is 40.6. The molecule has 346 valence electrons. The van der Waals surface area contributed by atoms with Crippen molar-refractivity contribution in [1.29, 1.82) is 0 Å². The summed E-state index contributed by atoms with van der Waals surface area (Å²) in [7, 11) is 0. The average molecular weight is 941 g/mol. The van der Waals surface area contributed by atoms with Gasteiger partial charge in [-0.15, -0.1) is 0 Å². The minimum absolute atomic E-state index is 1.10. The second-order valence-corrected chi connectivity index (χ2v) is 19.3. The van der Waals surface area contributed by atoms with Gasteiger partial charge in [-0.1, -0.05) is 231 Å². The van der Waals surface area contributed by atoms with E-state index in [0.29, 0.717) is 0 Å². The molecule has 0 saturated heterocycles. The molecule has 0 aliphatic rings. The van der Waals surface area contributed by atoms with E-state index in [9.17, 15) is 0 Å². The van der Waals surface area contributed by atoms with Crippen molar-refractivity contribution in [1.82, 2.24) is 9.13 Å². The number of benzene rings is 12. The third-order valence-corrected chi connectivity index (χ3v) is 14.9. The van der Waals surface area contributed by atoms with E-state index in [4.69, 9.17) is 0 Å². The Balaban J connectivity index is 1.08. The molecule has 0 atom stereocenters. The number of hydrogen-bond acceptors (Lipinski definition) is 0. The Bertz CT molecular complexity index is 4260. The molecule has 0 bridgehead atoms. The Morgan fingerprint density at radius 2 is 0.500 bits per heavy atom. The summed E-state index contributed by atoms with van der Waals surface area (Å²) < 4.78 is 4.89. The molecule has 0 N–H and O–H groups in total. The number of rotatable bonds is 9. The van der Waals surface area contributed by atoms with Gasteiger partial charge in [-0.3, -0.25) is 0 Å². The van der Waals surface area contributed by atoms with Crippen LogP contribution < -0.4 is 0 Å². The van der Waals surface area contributed by atoms with E-state index in [2.05, 4.69) is 300 Å². The normalized spacial score (nSPS) is 11.5. The van der Waals surface area contributed by atoms with Crippen molar-refractivity contribution < 1.29 is 0 Å². The third-order valence-electron chi connectivity index (χ3n) is 14.9. The van der Waals surface area contributed by atoms with Crippen LogP contribution in [0, 0.1) is 0 Å². The van der Waals surface area contributed by atoms with Crippen LogP contribution in [-0.4, -0.2) is 9.13 Å². The molecule has 0 saturated carbocycles. The second kappa shape index (κ2) is 18.1. The highest BCUT2D eigenvalue weighted by Gasteiger charge is 2.23. The van der Waals surface area contributed by atoms with Crippen molar-refractivity contribution in [2.24, 2.45) is 0 Å². The van der Waals surface area contributed by atoms with Crippen molar-refractivity contribution in [2.45, 2.75) is 0 Å². The lowest BCUT2D eigenvalue weighted by atomic mass is 9.84.